The van der Waals surface area contributed by atoms with Gasteiger partial charge in [0.25, 0.3) is 0 Å². The van der Waals surface area contributed by atoms with Crippen LogP contribution in [-0.4, -0.2) is 9.55 Å². The van der Waals surface area contributed by atoms with E-state index in [4.69, 9.17) is 9.40 Å². The van der Waals surface area contributed by atoms with Crippen molar-refractivity contribution in [2.24, 2.45) is 0 Å². The van der Waals surface area contributed by atoms with Crippen molar-refractivity contribution < 1.29 is 4.42 Å². The monoisotopic (exact) mass is 729 g/mol. The fourth-order valence-electron chi connectivity index (χ4n) is 8.32. The Hall–Kier alpha value is -7.69. The zero-order valence-corrected chi connectivity index (χ0v) is 31.0. The van der Waals surface area contributed by atoms with Crippen LogP contribution in [0.4, 0.5) is 17.1 Å². The predicted octanol–water partition coefficient (Wildman–Crippen LogP) is 14.5. The van der Waals surface area contributed by atoms with Crippen LogP contribution in [-0.2, 0) is 0 Å². The molecule has 0 bridgehead atoms. The van der Waals surface area contributed by atoms with Gasteiger partial charge in [-0.1, -0.05) is 133 Å². The number of aromatic nitrogens is 2. The minimum absolute atomic E-state index is 0.626. The van der Waals surface area contributed by atoms with Crippen molar-refractivity contribution in [2.45, 2.75) is 0 Å². The highest BCUT2D eigenvalue weighted by Gasteiger charge is 2.18. The molecule has 0 unspecified atom stereocenters. The summed E-state index contributed by atoms with van der Waals surface area (Å²) in [7, 11) is 0. The number of anilines is 3. The van der Waals surface area contributed by atoms with Crippen molar-refractivity contribution in [1.82, 2.24) is 9.55 Å². The molecule has 0 aliphatic carbocycles. The molecule has 268 valence electrons. The molecule has 0 amide bonds. The zero-order valence-electron chi connectivity index (χ0n) is 31.0. The Morgan fingerprint density at radius 2 is 0.930 bits per heavy atom. The lowest BCUT2D eigenvalue weighted by atomic mass is 9.97. The summed E-state index contributed by atoms with van der Waals surface area (Å²) < 4.78 is 8.87. The summed E-state index contributed by atoms with van der Waals surface area (Å²) in [5, 5.41) is 4.68. The first-order chi connectivity index (χ1) is 28.3. The third-order valence-corrected chi connectivity index (χ3v) is 11.0. The van der Waals surface area contributed by atoms with Gasteiger partial charge in [0.1, 0.15) is 5.52 Å². The van der Waals surface area contributed by atoms with Crippen LogP contribution < -0.4 is 4.90 Å². The van der Waals surface area contributed by atoms with Crippen LogP contribution >= 0.6 is 0 Å². The van der Waals surface area contributed by atoms with Gasteiger partial charge >= 0.3 is 0 Å². The molecule has 9 aromatic carbocycles. The van der Waals surface area contributed by atoms with E-state index in [1.165, 1.54) is 32.9 Å². The summed E-state index contributed by atoms with van der Waals surface area (Å²) in [4.78, 5) is 7.21. The topological polar surface area (TPSA) is 34.2 Å². The van der Waals surface area contributed by atoms with Crippen LogP contribution in [0.3, 0.4) is 0 Å². The molecular formula is C53H35N3O. The number of benzene rings is 9. The lowest BCUT2D eigenvalue weighted by Gasteiger charge is -2.26. The second-order valence-corrected chi connectivity index (χ2v) is 14.4. The first-order valence-electron chi connectivity index (χ1n) is 19.3. The van der Waals surface area contributed by atoms with E-state index < -0.39 is 0 Å². The average molecular weight is 730 g/mol. The first-order valence-corrected chi connectivity index (χ1v) is 19.3. The van der Waals surface area contributed by atoms with Gasteiger partial charge in [0.15, 0.2) is 5.58 Å². The second kappa shape index (κ2) is 13.6. The van der Waals surface area contributed by atoms with Crippen LogP contribution in [0.25, 0.3) is 83.1 Å². The van der Waals surface area contributed by atoms with Crippen molar-refractivity contribution in [3.8, 4) is 39.4 Å². The maximum atomic E-state index is 6.51. The molecule has 2 aromatic heterocycles. The van der Waals surface area contributed by atoms with Gasteiger partial charge in [0, 0.05) is 44.5 Å². The highest BCUT2D eigenvalue weighted by molar-refractivity contribution is 6.12. The Morgan fingerprint density at radius 1 is 0.404 bits per heavy atom. The van der Waals surface area contributed by atoms with Crippen LogP contribution in [0.2, 0.25) is 0 Å². The molecule has 0 aliphatic heterocycles. The van der Waals surface area contributed by atoms with Crippen molar-refractivity contribution in [2.75, 3.05) is 4.90 Å². The fourth-order valence-corrected chi connectivity index (χ4v) is 8.32. The van der Waals surface area contributed by atoms with Crippen molar-refractivity contribution >= 4 is 60.7 Å². The molecule has 0 saturated carbocycles. The number of para-hydroxylation sites is 2. The van der Waals surface area contributed by atoms with Crippen molar-refractivity contribution in [1.29, 1.82) is 0 Å². The molecule has 57 heavy (non-hydrogen) atoms. The molecule has 2 heterocycles. The van der Waals surface area contributed by atoms with Gasteiger partial charge in [-0.15, -0.1) is 0 Å². The van der Waals surface area contributed by atoms with Crippen LogP contribution in [0.15, 0.2) is 217 Å². The van der Waals surface area contributed by atoms with Gasteiger partial charge in [0.2, 0.25) is 5.89 Å². The van der Waals surface area contributed by atoms with E-state index in [1.54, 1.807) is 0 Å². The zero-order chi connectivity index (χ0) is 37.7. The number of nitrogens with zero attached hydrogens (tertiary/aromatic N) is 3. The Kier molecular flexibility index (Phi) is 7.78. The molecule has 0 fully saturated rings. The molecule has 0 saturated heterocycles. The molecule has 11 aromatic rings. The standard InChI is InChI=1S/C53H35N3O/c1-3-12-36(13-4-1)37-22-27-41(28-23-37)55(43-31-33-44(34-32-43)56-49-20-9-7-17-46(49)47-18-8-10-21-50(47)56)42-29-24-38(25-30-42)45-19-11-16-39-26-35-48-52(51(39)45)57-53(54-48)40-14-5-2-6-15-40/h1-35H. The van der Waals surface area contributed by atoms with E-state index in [0.29, 0.717) is 5.89 Å². The van der Waals surface area contributed by atoms with Gasteiger partial charge in [-0.2, -0.15) is 0 Å². The summed E-state index contributed by atoms with van der Waals surface area (Å²) in [5.41, 5.74) is 13.9. The minimum Gasteiger partial charge on any atom is -0.435 e. The van der Waals surface area contributed by atoms with E-state index in [1.807, 2.05) is 36.4 Å². The molecule has 11 rings (SSSR count). The fraction of sp³-hybridized carbons (Fsp3) is 0. The summed E-state index contributed by atoms with van der Waals surface area (Å²) in [5.74, 6) is 0.626. The van der Waals surface area contributed by atoms with E-state index in [-0.39, 0.29) is 0 Å². The van der Waals surface area contributed by atoms with Crippen molar-refractivity contribution in [3.05, 3.63) is 212 Å². The molecule has 4 nitrogen and oxygen atoms in total. The van der Waals surface area contributed by atoms with Crippen LogP contribution in [0.5, 0.6) is 0 Å². The highest BCUT2D eigenvalue weighted by atomic mass is 16.3. The summed E-state index contributed by atoms with van der Waals surface area (Å²) in [6, 6.07) is 75.2. The first kappa shape index (κ1) is 32.7. The Balaban J connectivity index is 1.01. The Labute approximate surface area is 330 Å². The third-order valence-electron chi connectivity index (χ3n) is 11.0. The van der Waals surface area contributed by atoms with Crippen molar-refractivity contribution in [3.63, 3.8) is 0 Å². The average Bonchev–Trinajstić information content (AvgIpc) is 3.88. The lowest BCUT2D eigenvalue weighted by Crippen LogP contribution is -2.10. The maximum Gasteiger partial charge on any atom is 0.227 e. The maximum absolute atomic E-state index is 6.51. The number of hydrogen-bond acceptors (Lipinski definition) is 3. The number of hydrogen-bond donors (Lipinski definition) is 0. The highest BCUT2D eigenvalue weighted by Crippen LogP contribution is 2.41. The molecule has 0 radical (unpaired) electrons. The molecule has 0 aliphatic rings. The van der Waals surface area contributed by atoms with Gasteiger partial charge in [-0.05, 0) is 107 Å². The number of rotatable bonds is 7. The normalized spacial score (nSPS) is 11.5. The van der Waals surface area contributed by atoms with E-state index in [0.717, 1.165) is 61.3 Å². The Morgan fingerprint density at radius 3 is 1.56 bits per heavy atom. The summed E-state index contributed by atoms with van der Waals surface area (Å²) in [6.45, 7) is 0. The quantitative estimate of drug-likeness (QED) is 0.164. The van der Waals surface area contributed by atoms with Crippen LogP contribution in [0, 0.1) is 0 Å². The van der Waals surface area contributed by atoms with Gasteiger partial charge in [-0.25, -0.2) is 4.98 Å². The van der Waals surface area contributed by atoms with E-state index in [9.17, 15) is 0 Å². The summed E-state index contributed by atoms with van der Waals surface area (Å²) >= 11 is 0. The largest absolute Gasteiger partial charge is 0.435 e. The minimum atomic E-state index is 0.626. The van der Waals surface area contributed by atoms with Crippen LogP contribution in [0.1, 0.15) is 0 Å². The summed E-state index contributed by atoms with van der Waals surface area (Å²) in [6.07, 6.45) is 0. The number of oxazole rings is 1. The Bertz CT molecular complexity index is 3150. The lowest BCUT2D eigenvalue weighted by molar-refractivity contribution is 0.623. The molecule has 4 heteroatoms. The predicted molar refractivity (Wildman–Crippen MR) is 237 cm³/mol. The molecule has 0 spiro atoms. The second-order valence-electron chi connectivity index (χ2n) is 14.4. The van der Waals surface area contributed by atoms with Gasteiger partial charge in [-0.3, -0.25) is 0 Å². The number of fused-ring (bicyclic) bond motifs is 6. The van der Waals surface area contributed by atoms with E-state index in [2.05, 4.69) is 185 Å². The van der Waals surface area contributed by atoms with Gasteiger partial charge < -0.3 is 13.9 Å². The molecule has 0 atom stereocenters. The molecular weight excluding hydrogens is 695 g/mol. The SMILES string of the molecule is c1ccc(-c2ccc(N(c3ccc(-c4cccc5ccc6nc(-c7ccccc7)oc6c45)cc3)c3ccc(-n4c5ccccc5c5ccccc54)cc3)cc2)cc1. The van der Waals surface area contributed by atoms with Gasteiger partial charge in [0.05, 0.1) is 11.0 Å². The third kappa shape index (κ3) is 5.66. The smallest absolute Gasteiger partial charge is 0.227 e. The molecule has 0 N–H and O–H groups in total. The van der Waals surface area contributed by atoms with E-state index >= 15 is 0 Å².